The van der Waals surface area contributed by atoms with E-state index in [1.165, 1.54) is 6.92 Å². The summed E-state index contributed by atoms with van der Waals surface area (Å²) in [5.74, 6) is -0.481. The number of benzene rings is 2. The van der Waals surface area contributed by atoms with Crippen LogP contribution >= 0.6 is 0 Å². The Labute approximate surface area is 153 Å². The number of rotatable bonds is 7. The Morgan fingerprint density at radius 3 is 2.04 bits per heavy atom. The zero-order chi connectivity index (χ0) is 19.1. The highest BCUT2D eigenvalue weighted by atomic mass is 16.5. The lowest BCUT2D eigenvalue weighted by atomic mass is 10.0. The normalized spacial score (nSPS) is 10.5. The van der Waals surface area contributed by atoms with Crippen LogP contribution in [0.2, 0.25) is 0 Å². The topological polar surface area (TPSA) is 72.5 Å². The third-order valence-corrected chi connectivity index (χ3v) is 3.74. The van der Waals surface area contributed by atoms with Crippen LogP contribution in [-0.4, -0.2) is 24.3 Å². The molecule has 0 saturated heterocycles. The summed E-state index contributed by atoms with van der Waals surface area (Å²) in [6, 6.07) is 13.7. The molecule has 0 atom stereocenters. The molecule has 5 heteroatoms. The second-order valence-corrected chi connectivity index (χ2v) is 6.55. The van der Waals surface area contributed by atoms with Crippen molar-refractivity contribution in [3.05, 3.63) is 65.2 Å². The van der Waals surface area contributed by atoms with Gasteiger partial charge in [-0.2, -0.15) is 0 Å². The Morgan fingerprint density at radius 1 is 0.923 bits per heavy atom. The fraction of sp³-hybridized carbons (Fsp3) is 0.286. The van der Waals surface area contributed by atoms with Crippen molar-refractivity contribution in [3.63, 3.8) is 0 Å². The quantitative estimate of drug-likeness (QED) is 0.605. The Kier molecular flexibility index (Phi) is 6.67. The molecule has 0 bridgehead atoms. The summed E-state index contributed by atoms with van der Waals surface area (Å²) in [7, 11) is 0. The summed E-state index contributed by atoms with van der Waals surface area (Å²) >= 11 is 0. The number of Topliss-reactive ketones (excluding diaryl/α,β-unsaturated/α-hetero) is 1. The third-order valence-electron chi connectivity index (χ3n) is 3.74. The Hall–Kier alpha value is -2.95. The molecule has 0 aliphatic rings. The monoisotopic (exact) mass is 353 g/mol. The predicted octanol–water partition coefficient (Wildman–Crippen LogP) is 3.88. The maximum atomic E-state index is 12.0. The number of nitrogens with one attached hydrogen (secondary N) is 1. The molecule has 0 aliphatic carbocycles. The fourth-order valence-corrected chi connectivity index (χ4v) is 2.45. The third kappa shape index (κ3) is 5.84. The molecule has 2 aromatic carbocycles. The average Bonchev–Trinajstić information content (AvgIpc) is 2.60. The van der Waals surface area contributed by atoms with Gasteiger partial charge in [0.25, 0.3) is 5.91 Å². The van der Waals surface area contributed by atoms with E-state index in [1.54, 1.807) is 36.4 Å². The molecule has 2 aromatic rings. The van der Waals surface area contributed by atoms with Gasteiger partial charge in [-0.05, 0) is 61.2 Å². The molecule has 0 fully saturated rings. The predicted molar refractivity (Wildman–Crippen MR) is 100 cm³/mol. The number of carbonyl (C=O) groups excluding carboxylic acids is 3. The number of esters is 1. The minimum atomic E-state index is -0.539. The number of amides is 1. The van der Waals surface area contributed by atoms with Gasteiger partial charge in [0, 0.05) is 11.3 Å². The van der Waals surface area contributed by atoms with Crippen molar-refractivity contribution < 1.29 is 19.1 Å². The Bertz CT molecular complexity index is 777. The van der Waals surface area contributed by atoms with E-state index < -0.39 is 11.9 Å². The van der Waals surface area contributed by atoms with Gasteiger partial charge in [-0.1, -0.05) is 26.0 Å². The first kappa shape index (κ1) is 19.4. The van der Waals surface area contributed by atoms with Gasteiger partial charge in [0.15, 0.2) is 12.4 Å². The molecule has 136 valence electrons. The molecule has 0 aliphatic heterocycles. The lowest BCUT2D eigenvalue weighted by Crippen LogP contribution is -2.21. The van der Waals surface area contributed by atoms with Crippen LogP contribution in [0.25, 0.3) is 0 Å². The minimum Gasteiger partial charge on any atom is -0.452 e. The molecule has 1 amide bonds. The standard InChI is InChI=1S/C21H23NO4/c1-14(2)12-16-4-6-18(7-5-16)21(25)26-13-20(24)22-19-10-8-17(9-11-19)15(3)23/h4-11,14H,12-13H2,1-3H3,(H,22,24). The molecule has 0 saturated carbocycles. The van der Waals surface area contributed by atoms with Crippen molar-refractivity contribution in [1.29, 1.82) is 0 Å². The van der Waals surface area contributed by atoms with Crippen LogP contribution < -0.4 is 5.32 Å². The highest BCUT2D eigenvalue weighted by Crippen LogP contribution is 2.12. The molecular formula is C21H23NO4. The van der Waals surface area contributed by atoms with Gasteiger partial charge in [-0.15, -0.1) is 0 Å². The van der Waals surface area contributed by atoms with E-state index in [9.17, 15) is 14.4 Å². The molecule has 26 heavy (non-hydrogen) atoms. The van der Waals surface area contributed by atoms with E-state index in [0.717, 1.165) is 12.0 Å². The van der Waals surface area contributed by atoms with E-state index in [4.69, 9.17) is 4.74 Å². The average molecular weight is 353 g/mol. The van der Waals surface area contributed by atoms with Gasteiger partial charge in [-0.25, -0.2) is 4.79 Å². The second kappa shape index (κ2) is 8.94. The van der Waals surface area contributed by atoms with E-state index in [-0.39, 0.29) is 12.4 Å². The largest absolute Gasteiger partial charge is 0.452 e. The zero-order valence-corrected chi connectivity index (χ0v) is 15.2. The van der Waals surface area contributed by atoms with Crippen LogP contribution in [0.4, 0.5) is 5.69 Å². The van der Waals surface area contributed by atoms with Crippen LogP contribution in [0.1, 0.15) is 47.1 Å². The number of hydrogen-bond donors (Lipinski definition) is 1. The van der Waals surface area contributed by atoms with E-state index in [2.05, 4.69) is 19.2 Å². The minimum absolute atomic E-state index is 0.0452. The van der Waals surface area contributed by atoms with E-state index in [0.29, 0.717) is 22.7 Å². The first-order valence-corrected chi connectivity index (χ1v) is 8.52. The van der Waals surface area contributed by atoms with Crippen molar-refractivity contribution in [3.8, 4) is 0 Å². The van der Waals surface area contributed by atoms with Crippen LogP contribution in [0.15, 0.2) is 48.5 Å². The highest BCUT2D eigenvalue weighted by molar-refractivity contribution is 5.97. The Balaban J connectivity index is 1.84. The van der Waals surface area contributed by atoms with Gasteiger partial charge >= 0.3 is 5.97 Å². The van der Waals surface area contributed by atoms with Gasteiger partial charge < -0.3 is 10.1 Å². The lowest BCUT2D eigenvalue weighted by molar-refractivity contribution is -0.119. The summed E-state index contributed by atoms with van der Waals surface area (Å²) in [4.78, 5) is 35.1. The molecule has 1 N–H and O–H groups in total. The summed E-state index contributed by atoms with van der Waals surface area (Å²) in [6.07, 6.45) is 0.945. The maximum absolute atomic E-state index is 12.0. The van der Waals surface area contributed by atoms with Crippen molar-refractivity contribution in [1.82, 2.24) is 0 Å². The fourth-order valence-electron chi connectivity index (χ4n) is 2.45. The number of carbonyl (C=O) groups is 3. The summed E-state index contributed by atoms with van der Waals surface area (Å²) in [5, 5.41) is 2.62. The smallest absolute Gasteiger partial charge is 0.338 e. The highest BCUT2D eigenvalue weighted by Gasteiger charge is 2.11. The number of ether oxygens (including phenoxy) is 1. The molecule has 0 unspecified atom stereocenters. The van der Waals surface area contributed by atoms with Gasteiger partial charge in [0.1, 0.15) is 0 Å². The van der Waals surface area contributed by atoms with Gasteiger partial charge in [-0.3, -0.25) is 9.59 Å². The Morgan fingerprint density at radius 2 is 1.50 bits per heavy atom. The number of ketones is 1. The second-order valence-electron chi connectivity index (χ2n) is 6.55. The van der Waals surface area contributed by atoms with Crippen LogP contribution in [0.3, 0.4) is 0 Å². The van der Waals surface area contributed by atoms with Crippen LogP contribution in [0, 0.1) is 5.92 Å². The van der Waals surface area contributed by atoms with Crippen LogP contribution in [-0.2, 0) is 16.0 Å². The molecule has 2 rings (SSSR count). The van der Waals surface area contributed by atoms with Gasteiger partial charge in [0.2, 0.25) is 0 Å². The first-order valence-electron chi connectivity index (χ1n) is 8.52. The summed E-state index contributed by atoms with van der Waals surface area (Å²) in [5.41, 5.74) is 2.67. The summed E-state index contributed by atoms with van der Waals surface area (Å²) < 4.78 is 5.04. The number of hydrogen-bond acceptors (Lipinski definition) is 4. The summed E-state index contributed by atoms with van der Waals surface area (Å²) in [6.45, 7) is 5.37. The SMILES string of the molecule is CC(=O)c1ccc(NC(=O)COC(=O)c2ccc(CC(C)C)cc2)cc1. The number of anilines is 1. The lowest BCUT2D eigenvalue weighted by Gasteiger charge is -2.08. The van der Waals surface area contributed by atoms with Crippen molar-refractivity contribution in [2.75, 3.05) is 11.9 Å². The van der Waals surface area contributed by atoms with Crippen molar-refractivity contribution in [2.45, 2.75) is 27.2 Å². The van der Waals surface area contributed by atoms with Crippen molar-refractivity contribution in [2.24, 2.45) is 5.92 Å². The van der Waals surface area contributed by atoms with Crippen LogP contribution in [0.5, 0.6) is 0 Å². The zero-order valence-electron chi connectivity index (χ0n) is 15.2. The van der Waals surface area contributed by atoms with Gasteiger partial charge in [0.05, 0.1) is 5.56 Å². The van der Waals surface area contributed by atoms with Crippen molar-refractivity contribution >= 4 is 23.3 Å². The molecule has 0 radical (unpaired) electrons. The first-order chi connectivity index (χ1) is 12.3. The maximum Gasteiger partial charge on any atom is 0.338 e. The molecule has 0 heterocycles. The van der Waals surface area contributed by atoms with E-state index >= 15 is 0 Å². The molecule has 0 aromatic heterocycles. The molecule has 5 nitrogen and oxygen atoms in total. The molecule has 0 spiro atoms. The van der Waals surface area contributed by atoms with E-state index in [1.807, 2.05) is 12.1 Å². The molecular weight excluding hydrogens is 330 g/mol.